The second-order valence-corrected chi connectivity index (χ2v) is 3.93. The number of ether oxygens (including phenoxy) is 1. The molecule has 0 rings (SSSR count). The summed E-state index contributed by atoms with van der Waals surface area (Å²) in [5, 5.41) is 10.8. The zero-order valence-electron chi connectivity index (χ0n) is 11.0. The van der Waals surface area contributed by atoms with Crippen molar-refractivity contribution in [3.63, 3.8) is 0 Å². The van der Waals surface area contributed by atoms with Crippen molar-refractivity contribution >= 4 is 12.0 Å². The molecule has 104 valence electrons. The monoisotopic (exact) mass is 258 g/mol. The molecule has 0 radical (unpaired) electrons. The van der Waals surface area contributed by atoms with Crippen molar-refractivity contribution in [3.05, 3.63) is 12.7 Å². The van der Waals surface area contributed by atoms with Gasteiger partial charge in [0, 0.05) is 13.1 Å². The van der Waals surface area contributed by atoms with Crippen LogP contribution in [0.1, 0.15) is 20.3 Å². The molecule has 0 saturated heterocycles. The van der Waals surface area contributed by atoms with E-state index in [9.17, 15) is 9.59 Å². The molecule has 0 spiro atoms. The molecular weight excluding hydrogens is 236 g/mol. The second-order valence-electron chi connectivity index (χ2n) is 3.93. The van der Waals surface area contributed by atoms with E-state index >= 15 is 0 Å². The third kappa shape index (κ3) is 7.67. The first-order valence-corrected chi connectivity index (χ1v) is 5.98. The average Bonchev–Trinajstić information content (AvgIpc) is 2.32. The summed E-state index contributed by atoms with van der Waals surface area (Å²) in [6.07, 6.45) is 2.32. The molecule has 6 nitrogen and oxygen atoms in total. The molecule has 0 aliphatic heterocycles. The van der Waals surface area contributed by atoms with Crippen molar-refractivity contribution in [2.75, 3.05) is 26.2 Å². The van der Waals surface area contributed by atoms with Crippen LogP contribution in [0.25, 0.3) is 0 Å². The van der Waals surface area contributed by atoms with E-state index in [1.807, 2.05) is 13.8 Å². The zero-order chi connectivity index (χ0) is 14.0. The van der Waals surface area contributed by atoms with Gasteiger partial charge in [0.1, 0.15) is 6.54 Å². The number of carbonyl (C=O) groups is 2. The van der Waals surface area contributed by atoms with Gasteiger partial charge < -0.3 is 20.1 Å². The molecule has 0 aromatic rings. The predicted molar refractivity (Wildman–Crippen MR) is 68.5 cm³/mol. The molecular formula is C12H22N2O4. The Balaban J connectivity index is 4.22. The van der Waals surface area contributed by atoms with Crippen molar-refractivity contribution in [2.24, 2.45) is 0 Å². The van der Waals surface area contributed by atoms with Gasteiger partial charge in [-0.25, -0.2) is 4.79 Å². The van der Waals surface area contributed by atoms with Gasteiger partial charge in [0.05, 0.1) is 12.7 Å². The number of aliphatic carboxylic acids is 1. The maximum Gasteiger partial charge on any atom is 0.323 e. The Labute approximate surface area is 108 Å². The summed E-state index contributed by atoms with van der Waals surface area (Å²) >= 11 is 0. The molecule has 0 bridgehead atoms. The fraction of sp³-hybridized carbons (Fsp3) is 0.667. The lowest BCUT2D eigenvalue weighted by atomic mass is 10.3. The molecule has 0 heterocycles. The number of carbonyl (C=O) groups excluding carboxylic acids is 1. The minimum absolute atomic E-state index is 0.120. The summed E-state index contributed by atoms with van der Waals surface area (Å²) < 4.78 is 5.39. The molecule has 6 heteroatoms. The molecule has 0 aliphatic carbocycles. The highest BCUT2D eigenvalue weighted by Crippen LogP contribution is 1.99. The van der Waals surface area contributed by atoms with Gasteiger partial charge in [-0.1, -0.05) is 13.0 Å². The van der Waals surface area contributed by atoms with Crippen LogP contribution < -0.4 is 5.32 Å². The number of carboxylic acid groups (broad SMARTS) is 1. The van der Waals surface area contributed by atoms with Crippen LogP contribution in [0.4, 0.5) is 4.79 Å². The molecule has 0 aromatic heterocycles. The largest absolute Gasteiger partial charge is 0.480 e. The molecule has 0 fully saturated rings. The number of hydrogen-bond donors (Lipinski definition) is 2. The van der Waals surface area contributed by atoms with Crippen molar-refractivity contribution < 1.29 is 19.4 Å². The number of hydrogen-bond acceptors (Lipinski definition) is 3. The molecule has 2 N–H and O–H groups in total. The van der Waals surface area contributed by atoms with Gasteiger partial charge >= 0.3 is 12.0 Å². The maximum atomic E-state index is 11.7. The summed E-state index contributed by atoms with van der Waals surface area (Å²) in [4.78, 5) is 23.7. The highest BCUT2D eigenvalue weighted by Gasteiger charge is 2.16. The third-order valence-corrected chi connectivity index (χ3v) is 2.15. The zero-order valence-corrected chi connectivity index (χ0v) is 11.0. The number of carboxylic acids is 1. The predicted octanol–water partition coefficient (Wildman–Crippen LogP) is 1.08. The van der Waals surface area contributed by atoms with Gasteiger partial charge in [-0.05, 0) is 13.3 Å². The minimum Gasteiger partial charge on any atom is -0.480 e. The van der Waals surface area contributed by atoms with E-state index in [0.29, 0.717) is 19.7 Å². The van der Waals surface area contributed by atoms with Crippen LogP contribution in [0, 0.1) is 0 Å². The first-order chi connectivity index (χ1) is 8.51. The van der Waals surface area contributed by atoms with Crippen LogP contribution in [0.5, 0.6) is 0 Å². The highest BCUT2D eigenvalue weighted by atomic mass is 16.5. The standard InChI is InChI=1S/C12H22N2O4/c1-4-6-14(9-10(3)18-7-5-2)12(17)13-8-11(15)16/h5,10H,2,4,6-9H2,1,3H3,(H,13,17)(H,15,16). The van der Waals surface area contributed by atoms with Crippen LogP contribution in [0.3, 0.4) is 0 Å². The molecule has 0 saturated carbocycles. The fourth-order valence-corrected chi connectivity index (χ4v) is 1.40. The first kappa shape index (κ1) is 16.4. The number of amides is 2. The van der Waals surface area contributed by atoms with Crippen LogP contribution in [0.15, 0.2) is 12.7 Å². The first-order valence-electron chi connectivity index (χ1n) is 5.98. The van der Waals surface area contributed by atoms with E-state index in [1.54, 1.807) is 11.0 Å². The van der Waals surface area contributed by atoms with Crippen molar-refractivity contribution in [2.45, 2.75) is 26.4 Å². The van der Waals surface area contributed by atoms with Gasteiger partial charge in [0.15, 0.2) is 0 Å². The minimum atomic E-state index is -1.06. The number of nitrogens with one attached hydrogen (secondary N) is 1. The molecule has 0 aromatic carbocycles. The van der Waals surface area contributed by atoms with Crippen LogP contribution in [-0.4, -0.2) is 54.4 Å². The van der Waals surface area contributed by atoms with Crippen molar-refractivity contribution in [1.82, 2.24) is 10.2 Å². The van der Waals surface area contributed by atoms with Crippen molar-refractivity contribution in [3.8, 4) is 0 Å². The quantitative estimate of drug-likeness (QED) is 0.607. The Bertz CT molecular complexity index is 281. The molecule has 18 heavy (non-hydrogen) atoms. The Kier molecular flexibility index (Phi) is 8.65. The molecule has 1 unspecified atom stereocenters. The highest BCUT2D eigenvalue weighted by molar-refractivity contribution is 5.79. The van der Waals surface area contributed by atoms with Crippen molar-refractivity contribution in [1.29, 1.82) is 0 Å². The van der Waals surface area contributed by atoms with Crippen LogP contribution >= 0.6 is 0 Å². The Hall–Kier alpha value is -1.56. The summed E-state index contributed by atoms with van der Waals surface area (Å²) in [7, 11) is 0. The molecule has 0 aliphatic rings. The van der Waals surface area contributed by atoms with E-state index in [2.05, 4.69) is 11.9 Å². The van der Waals surface area contributed by atoms with E-state index < -0.39 is 5.97 Å². The normalized spacial score (nSPS) is 11.7. The number of urea groups is 1. The number of nitrogens with zero attached hydrogens (tertiary/aromatic N) is 1. The van der Waals surface area contributed by atoms with Gasteiger partial charge in [-0.15, -0.1) is 6.58 Å². The van der Waals surface area contributed by atoms with Crippen LogP contribution in [0.2, 0.25) is 0 Å². The van der Waals surface area contributed by atoms with E-state index in [4.69, 9.17) is 9.84 Å². The lowest BCUT2D eigenvalue weighted by molar-refractivity contribution is -0.135. The SMILES string of the molecule is C=CCOC(C)CN(CCC)C(=O)NCC(=O)O. The van der Waals surface area contributed by atoms with Crippen LogP contribution in [-0.2, 0) is 9.53 Å². The third-order valence-electron chi connectivity index (χ3n) is 2.15. The Morgan fingerprint density at radius 1 is 1.56 bits per heavy atom. The average molecular weight is 258 g/mol. The lowest BCUT2D eigenvalue weighted by Crippen LogP contribution is -2.45. The van der Waals surface area contributed by atoms with E-state index in [-0.39, 0.29) is 18.7 Å². The second kappa shape index (κ2) is 9.47. The molecule has 1 atom stereocenters. The summed E-state index contributed by atoms with van der Waals surface area (Å²) in [5.41, 5.74) is 0. The maximum absolute atomic E-state index is 11.7. The van der Waals surface area contributed by atoms with Gasteiger partial charge in [0.25, 0.3) is 0 Å². The molecule has 2 amide bonds. The fourth-order valence-electron chi connectivity index (χ4n) is 1.40. The van der Waals surface area contributed by atoms with E-state index in [0.717, 1.165) is 6.42 Å². The lowest BCUT2D eigenvalue weighted by Gasteiger charge is -2.25. The van der Waals surface area contributed by atoms with Gasteiger partial charge in [-0.3, -0.25) is 4.79 Å². The smallest absolute Gasteiger partial charge is 0.323 e. The summed E-state index contributed by atoms with van der Waals surface area (Å²) in [6, 6.07) is -0.381. The summed E-state index contributed by atoms with van der Waals surface area (Å²) in [6.45, 7) is 8.40. The van der Waals surface area contributed by atoms with E-state index in [1.165, 1.54) is 0 Å². The summed E-state index contributed by atoms with van der Waals surface area (Å²) in [5.74, 6) is -1.06. The number of rotatable bonds is 9. The topological polar surface area (TPSA) is 78.9 Å². The van der Waals surface area contributed by atoms with Gasteiger partial charge in [-0.2, -0.15) is 0 Å². The Morgan fingerprint density at radius 2 is 2.22 bits per heavy atom. The Morgan fingerprint density at radius 3 is 2.72 bits per heavy atom. The van der Waals surface area contributed by atoms with Gasteiger partial charge in [0.2, 0.25) is 0 Å².